The molecule has 1 aliphatic rings. The Balaban J connectivity index is 1.49. The number of anilines is 1. The summed E-state index contributed by atoms with van der Waals surface area (Å²) in [5.41, 5.74) is 5.24. The highest BCUT2D eigenvalue weighted by atomic mass is 127. The Labute approximate surface area is 256 Å². The van der Waals surface area contributed by atoms with Crippen molar-refractivity contribution in [2.24, 2.45) is 0 Å². The van der Waals surface area contributed by atoms with Crippen molar-refractivity contribution < 1.29 is 23.9 Å². The summed E-state index contributed by atoms with van der Waals surface area (Å²) in [6, 6.07) is 15.0. The van der Waals surface area contributed by atoms with Crippen LogP contribution in [0.5, 0.6) is 11.5 Å². The van der Waals surface area contributed by atoms with Gasteiger partial charge in [0.1, 0.15) is 13.2 Å². The van der Waals surface area contributed by atoms with Crippen LogP contribution in [0.3, 0.4) is 0 Å². The van der Waals surface area contributed by atoms with E-state index >= 15 is 0 Å². The van der Waals surface area contributed by atoms with E-state index in [1.165, 1.54) is 0 Å². The zero-order valence-corrected chi connectivity index (χ0v) is 26.2. The molecule has 0 spiro atoms. The molecule has 208 valence electrons. The Hall–Kier alpha value is -3.02. The van der Waals surface area contributed by atoms with Gasteiger partial charge in [-0.2, -0.15) is 0 Å². The van der Waals surface area contributed by atoms with E-state index in [1.54, 1.807) is 24.3 Å². The molecule has 0 bridgehead atoms. The first kappa shape index (κ1) is 30.0. The number of hydrogen-bond acceptors (Lipinski definition) is 6. The number of halogens is 2. The summed E-state index contributed by atoms with van der Waals surface area (Å²) in [6.07, 6.45) is 1.63. The first-order chi connectivity index (χ1) is 19.0. The summed E-state index contributed by atoms with van der Waals surface area (Å²) in [4.78, 5) is 39.7. The lowest BCUT2D eigenvalue weighted by molar-refractivity contribution is -0.127. The highest BCUT2D eigenvalue weighted by Gasteiger charge is 2.36. The van der Waals surface area contributed by atoms with E-state index in [2.05, 4.69) is 27.9 Å². The number of aryl methyl sites for hydroxylation is 3. The molecule has 3 amide bonds. The quantitative estimate of drug-likeness (QED) is 0.185. The molecular formula is C30H28ClIN2O5S. The smallest absolute Gasteiger partial charge is 0.294 e. The molecule has 3 aromatic carbocycles. The van der Waals surface area contributed by atoms with Crippen LogP contribution < -0.4 is 14.8 Å². The van der Waals surface area contributed by atoms with Gasteiger partial charge in [-0.3, -0.25) is 19.3 Å². The lowest BCUT2D eigenvalue weighted by Gasteiger charge is -2.16. The molecule has 10 heteroatoms. The van der Waals surface area contributed by atoms with Crippen LogP contribution in [0.2, 0.25) is 5.02 Å². The number of amides is 3. The van der Waals surface area contributed by atoms with Gasteiger partial charge in [0.05, 0.1) is 15.1 Å². The Morgan fingerprint density at radius 2 is 1.73 bits per heavy atom. The fraction of sp³-hybridized carbons (Fsp3) is 0.233. The van der Waals surface area contributed by atoms with Crippen LogP contribution in [-0.2, 0) is 16.2 Å². The molecular weight excluding hydrogens is 663 g/mol. The predicted octanol–water partition coefficient (Wildman–Crippen LogP) is 7.52. The fourth-order valence-corrected chi connectivity index (χ4v) is 6.04. The maximum Gasteiger partial charge on any atom is 0.294 e. The van der Waals surface area contributed by atoms with E-state index in [9.17, 15) is 14.4 Å². The van der Waals surface area contributed by atoms with Crippen molar-refractivity contribution in [2.75, 3.05) is 18.5 Å². The van der Waals surface area contributed by atoms with Gasteiger partial charge in [-0.05, 0) is 115 Å². The summed E-state index contributed by atoms with van der Waals surface area (Å²) in [5.74, 6) is 0.158. The number of ether oxygens (including phenoxy) is 2. The van der Waals surface area contributed by atoms with E-state index in [1.807, 2.05) is 58.0 Å². The summed E-state index contributed by atoms with van der Waals surface area (Å²) >= 11 is 8.93. The average molecular weight is 691 g/mol. The Morgan fingerprint density at radius 1 is 1.05 bits per heavy atom. The van der Waals surface area contributed by atoms with E-state index in [0.717, 1.165) is 42.5 Å². The van der Waals surface area contributed by atoms with Crippen LogP contribution in [0.4, 0.5) is 10.5 Å². The standard InChI is InChI=1S/C30H28ClIN2O5S/c1-5-38-24-13-21(12-23(32)28(24)39-16-20-6-8-22(31)9-7-20)14-25-29(36)34(30(37)40-25)15-26(35)33-27-18(3)10-17(2)11-19(27)4/h6-14H,5,15-16H2,1-4H3,(H,33,35)/b25-14+. The van der Waals surface area contributed by atoms with E-state index < -0.39 is 17.1 Å². The molecule has 0 aliphatic carbocycles. The highest BCUT2D eigenvalue weighted by Crippen LogP contribution is 2.38. The van der Waals surface area contributed by atoms with Gasteiger partial charge in [0.25, 0.3) is 11.1 Å². The molecule has 0 aromatic heterocycles. The monoisotopic (exact) mass is 690 g/mol. The number of imide groups is 1. The first-order valence-corrected chi connectivity index (χ1v) is 14.8. The van der Waals surface area contributed by atoms with Crippen LogP contribution in [0, 0.1) is 24.3 Å². The second kappa shape index (κ2) is 13.1. The molecule has 1 saturated heterocycles. The largest absolute Gasteiger partial charge is 0.490 e. The van der Waals surface area contributed by atoms with E-state index in [-0.39, 0.29) is 11.4 Å². The lowest BCUT2D eigenvalue weighted by Crippen LogP contribution is -2.36. The number of thioether (sulfide) groups is 1. The lowest BCUT2D eigenvalue weighted by atomic mass is 10.1. The highest BCUT2D eigenvalue weighted by molar-refractivity contribution is 14.1. The zero-order valence-electron chi connectivity index (χ0n) is 22.5. The van der Waals surface area contributed by atoms with Gasteiger partial charge in [-0.1, -0.05) is 41.4 Å². The molecule has 1 fully saturated rings. The van der Waals surface area contributed by atoms with Crippen molar-refractivity contribution in [2.45, 2.75) is 34.3 Å². The number of rotatable bonds is 9. The van der Waals surface area contributed by atoms with Crippen LogP contribution in [0.15, 0.2) is 53.4 Å². The van der Waals surface area contributed by atoms with Crippen molar-refractivity contribution in [3.8, 4) is 11.5 Å². The molecule has 3 aromatic rings. The van der Waals surface area contributed by atoms with E-state index in [0.29, 0.717) is 41.0 Å². The minimum atomic E-state index is -0.515. The summed E-state index contributed by atoms with van der Waals surface area (Å²) in [7, 11) is 0. The molecule has 40 heavy (non-hydrogen) atoms. The topological polar surface area (TPSA) is 84.9 Å². The number of carbonyl (C=O) groups excluding carboxylic acids is 3. The summed E-state index contributed by atoms with van der Waals surface area (Å²) < 4.78 is 12.7. The Morgan fingerprint density at radius 3 is 2.38 bits per heavy atom. The molecule has 1 aliphatic heterocycles. The molecule has 0 unspecified atom stereocenters. The molecule has 0 saturated carbocycles. The molecule has 1 N–H and O–H groups in total. The second-order valence-corrected chi connectivity index (χ2v) is 11.9. The SMILES string of the molecule is CCOc1cc(/C=C2/SC(=O)N(CC(=O)Nc3c(C)cc(C)cc3C)C2=O)cc(I)c1OCc1ccc(Cl)cc1. The molecule has 7 nitrogen and oxygen atoms in total. The molecule has 0 atom stereocenters. The van der Waals surface area contributed by atoms with Gasteiger partial charge in [0.2, 0.25) is 5.91 Å². The van der Waals surface area contributed by atoms with E-state index in [4.69, 9.17) is 21.1 Å². The molecule has 0 radical (unpaired) electrons. The van der Waals surface area contributed by atoms with Crippen molar-refractivity contribution in [1.29, 1.82) is 0 Å². The van der Waals surface area contributed by atoms with Gasteiger partial charge >= 0.3 is 0 Å². The third-order valence-corrected chi connectivity index (χ3v) is 8.00. The number of carbonyl (C=O) groups is 3. The number of hydrogen-bond donors (Lipinski definition) is 1. The van der Waals surface area contributed by atoms with Crippen LogP contribution in [-0.4, -0.2) is 35.1 Å². The van der Waals surface area contributed by atoms with Crippen LogP contribution in [0.1, 0.15) is 34.7 Å². The van der Waals surface area contributed by atoms with Gasteiger partial charge in [-0.15, -0.1) is 0 Å². The minimum absolute atomic E-state index is 0.230. The maximum absolute atomic E-state index is 13.1. The Kier molecular flexibility index (Phi) is 9.81. The summed E-state index contributed by atoms with van der Waals surface area (Å²) in [5, 5.41) is 3.01. The zero-order chi connectivity index (χ0) is 29.0. The first-order valence-electron chi connectivity index (χ1n) is 12.5. The number of nitrogens with one attached hydrogen (secondary N) is 1. The van der Waals surface area contributed by atoms with Crippen LogP contribution in [0.25, 0.3) is 6.08 Å². The van der Waals surface area contributed by atoms with Gasteiger partial charge in [0.15, 0.2) is 11.5 Å². The third kappa shape index (κ3) is 7.18. The van der Waals surface area contributed by atoms with Crippen LogP contribution >= 0.6 is 46.0 Å². The number of benzene rings is 3. The average Bonchev–Trinajstić information content (AvgIpc) is 3.14. The van der Waals surface area contributed by atoms with Crippen molar-refractivity contribution in [1.82, 2.24) is 4.90 Å². The van der Waals surface area contributed by atoms with Crippen molar-refractivity contribution in [3.05, 3.63) is 89.8 Å². The maximum atomic E-state index is 13.1. The minimum Gasteiger partial charge on any atom is -0.490 e. The van der Waals surface area contributed by atoms with Crippen molar-refractivity contribution >= 4 is 74.8 Å². The Bertz CT molecular complexity index is 1480. The predicted molar refractivity (Wildman–Crippen MR) is 168 cm³/mol. The normalized spacial score (nSPS) is 14.2. The third-order valence-electron chi connectivity index (χ3n) is 6.04. The second-order valence-electron chi connectivity index (χ2n) is 9.27. The van der Waals surface area contributed by atoms with Gasteiger partial charge in [0, 0.05) is 10.7 Å². The van der Waals surface area contributed by atoms with Crippen molar-refractivity contribution in [3.63, 3.8) is 0 Å². The number of nitrogens with zero attached hydrogens (tertiary/aromatic N) is 1. The van der Waals surface area contributed by atoms with Gasteiger partial charge in [-0.25, -0.2) is 0 Å². The molecule has 4 rings (SSSR count). The summed E-state index contributed by atoms with van der Waals surface area (Å²) in [6.45, 7) is 8.05. The molecule has 1 heterocycles. The fourth-order valence-electron chi connectivity index (χ4n) is 4.30. The van der Waals surface area contributed by atoms with Gasteiger partial charge < -0.3 is 14.8 Å².